The molecule has 0 aliphatic rings. The molecule has 0 aliphatic heterocycles. The molecular formula is C2H3BrO2S2. The van der Waals surface area contributed by atoms with Crippen molar-refractivity contribution in [1.29, 1.82) is 0 Å². The second-order valence-corrected chi connectivity index (χ2v) is 5.00. The second-order valence-electron chi connectivity index (χ2n) is 0.892. The molecule has 0 saturated heterocycles. The highest BCUT2D eigenvalue weighted by atomic mass is 79.9. The van der Waals surface area contributed by atoms with Gasteiger partial charge in [0.1, 0.15) is 0 Å². The number of carboxylic acids is 1. The molecule has 0 amide bonds. The van der Waals surface area contributed by atoms with Crippen LogP contribution in [0.15, 0.2) is 0 Å². The first kappa shape index (κ1) is 7.65. The molecule has 0 aromatic carbocycles. The fourth-order valence-corrected chi connectivity index (χ4v) is 0. The molecule has 2 nitrogen and oxygen atoms in total. The number of carboxylic acid groups (broad SMARTS) is 1. The minimum absolute atomic E-state index is 1.11. The van der Waals surface area contributed by atoms with Crippen LogP contribution in [0.1, 0.15) is 0 Å². The summed E-state index contributed by atoms with van der Waals surface area (Å²) in [4.78, 5) is 9.82. The van der Waals surface area contributed by atoms with Crippen molar-refractivity contribution in [2.45, 2.75) is 2.99 Å². The zero-order valence-corrected chi connectivity index (χ0v) is 6.50. The molecule has 0 unspecified atom stereocenters. The van der Waals surface area contributed by atoms with E-state index in [1.54, 1.807) is 0 Å². The van der Waals surface area contributed by atoms with E-state index in [1.165, 1.54) is 0 Å². The summed E-state index contributed by atoms with van der Waals surface area (Å²) in [6.07, 6.45) is 0. The second kappa shape index (κ2) is 2.28. The summed E-state index contributed by atoms with van der Waals surface area (Å²) in [5.41, 5.74) is 0. The maximum absolute atomic E-state index is 9.82. The number of hydrogen-bond acceptors (Lipinski definition) is 3. The first-order chi connectivity index (χ1) is 2.94. The van der Waals surface area contributed by atoms with Crippen LogP contribution in [0, 0.1) is 0 Å². The smallest absolute Gasteiger partial charge is 0.340 e. The van der Waals surface area contributed by atoms with Gasteiger partial charge in [0.2, 0.25) is 2.99 Å². The fourth-order valence-electron chi connectivity index (χ4n) is 0. The summed E-state index contributed by atoms with van der Waals surface area (Å²) >= 11 is 9.73. The molecule has 0 saturated carbocycles. The molecule has 0 aromatic heterocycles. The molecule has 0 spiro atoms. The molecule has 0 rings (SSSR count). The molecule has 5 heteroatoms. The number of thiol groups is 2. The Morgan fingerprint density at radius 1 is 1.71 bits per heavy atom. The van der Waals surface area contributed by atoms with E-state index >= 15 is 0 Å². The Morgan fingerprint density at radius 2 is 1.86 bits per heavy atom. The molecule has 0 aromatic rings. The SMILES string of the molecule is O=C(O)C(S)(S)Br. The average molecular weight is 203 g/mol. The lowest BCUT2D eigenvalue weighted by atomic mass is 10.8. The van der Waals surface area contributed by atoms with Crippen LogP contribution in [0.3, 0.4) is 0 Å². The van der Waals surface area contributed by atoms with Crippen molar-refractivity contribution in [3.63, 3.8) is 0 Å². The lowest BCUT2D eigenvalue weighted by molar-refractivity contribution is -0.135. The molecule has 0 aliphatic carbocycles. The standard InChI is InChI=1S/C2H3BrO2S2/c3-2(6,7)1(4)5/h6-7H,(H,4,5). The van der Waals surface area contributed by atoms with Gasteiger partial charge >= 0.3 is 5.97 Å². The van der Waals surface area contributed by atoms with Gasteiger partial charge in [-0.3, -0.25) is 0 Å². The molecule has 42 valence electrons. The van der Waals surface area contributed by atoms with Crippen molar-refractivity contribution < 1.29 is 9.90 Å². The maximum atomic E-state index is 9.82. The number of alkyl halides is 1. The fraction of sp³-hybridized carbons (Fsp3) is 0.500. The van der Waals surface area contributed by atoms with E-state index in [0.29, 0.717) is 0 Å². The molecule has 0 bridgehead atoms. The molecule has 0 heterocycles. The van der Waals surface area contributed by atoms with Gasteiger partial charge in [-0.25, -0.2) is 4.79 Å². The van der Waals surface area contributed by atoms with E-state index in [0.717, 1.165) is 0 Å². The van der Waals surface area contributed by atoms with Crippen molar-refractivity contribution in [1.82, 2.24) is 0 Å². The quantitative estimate of drug-likeness (QED) is 0.337. The predicted octanol–water partition coefficient (Wildman–Crippen LogP) is 0.979. The van der Waals surface area contributed by atoms with E-state index in [9.17, 15) is 4.79 Å². The van der Waals surface area contributed by atoms with Crippen molar-refractivity contribution in [2.24, 2.45) is 0 Å². The Balaban J connectivity index is 3.79. The van der Waals surface area contributed by atoms with Crippen molar-refractivity contribution >= 4 is 47.2 Å². The zero-order valence-electron chi connectivity index (χ0n) is 3.13. The summed E-state index contributed by atoms with van der Waals surface area (Å²) in [6, 6.07) is 0. The number of rotatable bonds is 1. The van der Waals surface area contributed by atoms with Crippen LogP contribution in [-0.4, -0.2) is 14.1 Å². The largest absolute Gasteiger partial charge is 0.479 e. The molecule has 7 heavy (non-hydrogen) atoms. The normalized spacial score (nSPS) is 11.3. The minimum Gasteiger partial charge on any atom is -0.479 e. The number of hydrogen-bond donors (Lipinski definition) is 3. The summed E-state index contributed by atoms with van der Waals surface area (Å²) < 4.78 is -1.38. The van der Waals surface area contributed by atoms with Gasteiger partial charge in [0.05, 0.1) is 0 Å². The van der Waals surface area contributed by atoms with E-state index in [1.807, 2.05) is 0 Å². The first-order valence-corrected chi connectivity index (χ1v) is 3.00. The number of aliphatic carboxylic acids is 1. The van der Waals surface area contributed by atoms with Gasteiger partial charge < -0.3 is 5.11 Å². The Kier molecular flexibility index (Phi) is 2.49. The Hall–Kier alpha value is 0.650. The zero-order chi connectivity index (χ0) is 6.08. The Bertz CT molecular complexity index is 86.2. The molecule has 0 atom stereocenters. The third-order valence-electron chi connectivity index (χ3n) is 0.272. The van der Waals surface area contributed by atoms with Crippen molar-refractivity contribution in [3.8, 4) is 0 Å². The van der Waals surface area contributed by atoms with Crippen LogP contribution < -0.4 is 0 Å². The molecule has 0 radical (unpaired) electrons. The number of halogens is 1. The van der Waals surface area contributed by atoms with Gasteiger partial charge in [0, 0.05) is 0 Å². The third kappa shape index (κ3) is 3.25. The predicted molar refractivity (Wildman–Crippen MR) is 37.3 cm³/mol. The van der Waals surface area contributed by atoms with Crippen LogP contribution in [0.25, 0.3) is 0 Å². The average Bonchev–Trinajstić information content (AvgIpc) is 1.31. The van der Waals surface area contributed by atoms with Gasteiger partial charge in [-0.05, 0) is 15.9 Å². The van der Waals surface area contributed by atoms with E-state index in [-0.39, 0.29) is 0 Å². The van der Waals surface area contributed by atoms with Crippen LogP contribution in [-0.2, 0) is 4.79 Å². The highest BCUT2D eigenvalue weighted by molar-refractivity contribution is 9.13. The summed E-state index contributed by atoms with van der Waals surface area (Å²) in [5.74, 6) is -1.11. The monoisotopic (exact) mass is 202 g/mol. The van der Waals surface area contributed by atoms with Gasteiger partial charge in [-0.15, -0.1) is 25.3 Å². The third-order valence-corrected chi connectivity index (χ3v) is 0.994. The summed E-state index contributed by atoms with van der Waals surface area (Å²) in [5, 5.41) is 8.05. The summed E-state index contributed by atoms with van der Waals surface area (Å²) in [6.45, 7) is 0. The maximum Gasteiger partial charge on any atom is 0.340 e. The van der Waals surface area contributed by atoms with Crippen molar-refractivity contribution in [2.75, 3.05) is 0 Å². The molecular weight excluding hydrogens is 200 g/mol. The lowest BCUT2D eigenvalue weighted by Crippen LogP contribution is -2.16. The Morgan fingerprint density at radius 3 is 1.86 bits per heavy atom. The topological polar surface area (TPSA) is 37.3 Å². The van der Waals surface area contributed by atoms with Gasteiger partial charge in [-0.1, -0.05) is 0 Å². The van der Waals surface area contributed by atoms with E-state index in [2.05, 4.69) is 41.2 Å². The van der Waals surface area contributed by atoms with Crippen LogP contribution in [0.2, 0.25) is 0 Å². The van der Waals surface area contributed by atoms with Gasteiger partial charge in [0.25, 0.3) is 0 Å². The van der Waals surface area contributed by atoms with Crippen LogP contribution in [0.4, 0.5) is 0 Å². The van der Waals surface area contributed by atoms with E-state index < -0.39 is 8.96 Å². The first-order valence-electron chi connectivity index (χ1n) is 1.31. The van der Waals surface area contributed by atoms with Crippen LogP contribution in [0.5, 0.6) is 0 Å². The van der Waals surface area contributed by atoms with Gasteiger partial charge in [0.15, 0.2) is 0 Å². The number of carbonyl (C=O) groups is 1. The highest BCUT2D eigenvalue weighted by Crippen LogP contribution is 2.26. The van der Waals surface area contributed by atoms with Gasteiger partial charge in [-0.2, -0.15) is 0 Å². The Labute approximate surface area is 60.2 Å². The molecule has 1 N–H and O–H groups in total. The lowest BCUT2D eigenvalue weighted by Gasteiger charge is -2.04. The highest BCUT2D eigenvalue weighted by Gasteiger charge is 2.24. The summed E-state index contributed by atoms with van der Waals surface area (Å²) in [7, 11) is 0. The van der Waals surface area contributed by atoms with Crippen LogP contribution >= 0.6 is 41.2 Å². The minimum atomic E-state index is -1.38. The van der Waals surface area contributed by atoms with E-state index in [4.69, 9.17) is 5.11 Å². The molecule has 0 fully saturated rings. The van der Waals surface area contributed by atoms with Crippen molar-refractivity contribution in [3.05, 3.63) is 0 Å².